The van der Waals surface area contributed by atoms with Crippen molar-refractivity contribution in [3.8, 4) is 5.69 Å². The van der Waals surface area contributed by atoms with E-state index in [4.69, 9.17) is 4.74 Å². The highest BCUT2D eigenvalue weighted by Gasteiger charge is 2.29. The number of tetrazole rings is 1. The third kappa shape index (κ3) is 1.46. The summed E-state index contributed by atoms with van der Waals surface area (Å²) in [6.07, 6.45) is 2.70. The van der Waals surface area contributed by atoms with Crippen LogP contribution in [0.2, 0.25) is 0 Å². The van der Waals surface area contributed by atoms with Crippen molar-refractivity contribution in [2.24, 2.45) is 0 Å². The molecule has 0 aliphatic carbocycles. The number of aromatic nitrogens is 5. The van der Waals surface area contributed by atoms with Gasteiger partial charge in [0.05, 0.1) is 18.5 Å². The Kier molecular flexibility index (Phi) is 1.72. The first-order valence-electron chi connectivity index (χ1n) is 4.35. The molecule has 3 heterocycles. The lowest BCUT2D eigenvalue weighted by molar-refractivity contribution is 0.402. The Morgan fingerprint density at radius 1 is 1.53 bits per heavy atom. The number of rotatable bonds is 2. The smallest absolute Gasteiger partial charge is 0.149 e. The number of nitrogens with zero attached hydrogens (tertiary/aromatic N) is 5. The minimum atomic E-state index is -0.398. The van der Waals surface area contributed by atoms with Gasteiger partial charge in [-0.1, -0.05) is 0 Å². The molecule has 0 bridgehead atoms. The molecular formula is C8H6FN5O. The molecule has 15 heavy (non-hydrogen) atoms. The zero-order chi connectivity index (χ0) is 10.3. The first-order chi connectivity index (χ1) is 7.34. The van der Waals surface area contributed by atoms with Gasteiger partial charge in [-0.2, -0.15) is 4.68 Å². The van der Waals surface area contributed by atoms with E-state index in [0.29, 0.717) is 18.0 Å². The average Bonchev–Trinajstić information content (AvgIpc) is 2.93. The maximum atomic E-state index is 13.5. The van der Waals surface area contributed by atoms with E-state index in [2.05, 4.69) is 20.5 Å². The summed E-state index contributed by atoms with van der Waals surface area (Å²) >= 11 is 0. The van der Waals surface area contributed by atoms with E-state index in [1.807, 2.05) is 0 Å². The van der Waals surface area contributed by atoms with E-state index in [0.717, 1.165) is 0 Å². The van der Waals surface area contributed by atoms with Crippen molar-refractivity contribution in [1.29, 1.82) is 0 Å². The summed E-state index contributed by atoms with van der Waals surface area (Å²) in [7, 11) is 0. The molecule has 0 saturated carbocycles. The molecule has 0 spiro atoms. The van der Waals surface area contributed by atoms with E-state index in [9.17, 15) is 4.39 Å². The Morgan fingerprint density at radius 2 is 2.40 bits per heavy atom. The fraction of sp³-hybridized carbons (Fsp3) is 0.250. The van der Waals surface area contributed by atoms with Crippen LogP contribution in [-0.2, 0) is 4.74 Å². The third-order valence-electron chi connectivity index (χ3n) is 2.11. The van der Waals surface area contributed by atoms with Crippen molar-refractivity contribution in [2.75, 3.05) is 6.61 Å². The van der Waals surface area contributed by atoms with Crippen molar-refractivity contribution < 1.29 is 9.13 Å². The van der Waals surface area contributed by atoms with Crippen molar-refractivity contribution >= 4 is 0 Å². The van der Waals surface area contributed by atoms with Gasteiger partial charge in [0, 0.05) is 6.07 Å². The molecule has 0 aromatic carbocycles. The number of hydrogen-bond acceptors (Lipinski definition) is 5. The monoisotopic (exact) mass is 207 g/mol. The maximum Gasteiger partial charge on any atom is 0.149 e. The summed E-state index contributed by atoms with van der Waals surface area (Å²) in [6.45, 7) is 0.536. The van der Waals surface area contributed by atoms with Gasteiger partial charge in [0.1, 0.15) is 23.9 Å². The van der Waals surface area contributed by atoms with Gasteiger partial charge in [-0.3, -0.25) is 4.98 Å². The number of epoxide rings is 1. The number of halogens is 1. The van der Waals surface area contributed by atoms with Gasteiger partial charge in [0.15, 0.2) is 0 Å². The minimum Gasteiger partial charge on any atom is -0.366 e. The molecule has 3 rings (SSSR count). The van der Waals surface area contributed by atoms with Gasteiger partial charge in [0.2, 0.25) is 0 Å². The molecule has 0 amide bonds. The number of pyridine rings is 1. The van der Waals surface area contributed by atoms with Gasteiger partial charge < -0.3 is 4.74 Å². The van der Waals surface area contributed by atoms with Crippen molar-refractivity contribution in [1.82, 2.24) is 25.2 Å². The van der Waals surface area contributed by atoms with Crippen LogP contribution in [0.25, 0.3) is 5.69 Å². The summed E-state index contributed by atoms with van der Waals surface area (Å²) in [6, 6.07) is 1.33. The van der Waals surface area contributed by atoms with Crippen LogP contribution in [0.5, 0.6) is 0 Å². The molecule has 1 fully saturated rings. The van der Waals surface area contributed by atoms with E-state index in [-0.39, 0.29) is 6.10 Å². The fourth-order valence-corrected chi connectivity index (χ4v) is 1.29. The van der Waals surface area contributed by atoms with Crippen LogP contribution in [-0.4, -0.2) is 31.8 Å². The molecular weight excluding hydrogens is 201 g/mol. The van der Waals surface area contributed by atoms with Crippen molar-refractivity contribution in [3.63, 3.8) is 0 Å². The Labute approximate surface area is 83.7 Å². The maximum absolute atomic E-state index is 13.5. The fourth-order valence-electron chi connectivity index (χ4n) is 1.29. The van der Waals surface area contributed by atoms with Crippen LogP contribution >= 0.6 is 0 Å². The molecule has 6 nitrogen and oxygen atoms in total. The summed E-state index contributed by atoms with van der Waals surface area (Å²) in [5, 5.41) is 10.5. The van der Waals surface area contributed by atoms with Crippen molar-refractivity contribution in [2.45, 2.75) is 6.10 Å². The van der Waals surface area contributed by atoms with Crippen LogP contribution in [0.1, 0.15) is 11.8 Å². The highest BCUT2D eigenvalue weighted by atomic mass is 19.1. The SMILES string of the molecule is Fc1cc(-n2cnnn2)cnc1[C@@H]1CO1. The molecule has 0 N–H and O–H groups in total. The molecule has 7 heteroatoms. The summed E-state index contributed by atoms with van der Waals surface area (Å²) < 4.78 is 19.8. The summed E-state index contributed by atoms with van der Waals surface area (Å²) in [5.74, 6) is -0.398. The molecule has 1 saturated heterocycles. The van der Waals surface area contributed by atoms with Crippen LogP contribution in [0, 0.1) is 5.82 Å². The second-order valence-electron chi connectivity index (χ2n) is 3.14. The van der Waals surface area contributed by atoms with E-state index in [1.54, 1.807) is 0 Å². The molecule has 2 aromatic rings. The molecule has 1 aliphatic rings. The van der Waals surface area contributed by atoms with Crippen LogP contribution < -0.4 is 0 Å². The quantitative estimate of drug-likeness (QED) is 0.661. The van der Waals surface area contributed by atoms with Gasteiger partial charge >= 0.3 is 0 Å². The second-order valence-corrected chi connectivity index (χ2v) is 3.14. The predicted molar refractivity (Wildman–Crippen MR) is 45.6 cm³/mol. The zero-order valence-electron chi connectivity index (χ0n) is 7.54. The highest BCUT2D eigenvalue weighted by molar-refractivity contribution is 5.30. The summed E-state index contributed by atoms with van der Waals surface area (Å²) in [5.41, 5.74) is 0.828. The topological polar surface area (TPSA) is 69.0 Å². The predicted octanol–water partition coefficient (Wildman–Crippen LogP) is 0.268. The van der Waals surface area contributed by atoms with Crippen LogP contribution in [0.15, 0.2) is 18.6 Å². The standard InChI is InChI=1S/C8H6FN5O/c9-6-1-5(14-4-11-12-13-14)2-10-8(6)7-3-15-7/h1-2,4,7H,3H2/t7-/m0/s1. The Hall–Kier alpha value is -1.89. The Bertz CT molecular complexity index is 482. The highest BCUT2D eigenvalue weighted by Crippen LogP contribution is 2.30. The lowest BCUT2D eigenvalue weighted by Gasteiger charge is -2.01. The lowest BCUT2D eigenvalue weighted by Crippen LogP contribution is -2.00. The van der Waals surface area contributed by atoms with Gasteiger partial charge in [-0.05, 0) is 10.4 Å². The van der Waals surface area contributed by atoms with Crippen molar-refractivity contribution in [3.05, 3.63) is 30.1 Å². The molecule has 1 atom stereocenters. The minimum absolute atomic E-state index is 0.187. The first-order valence-corrected chi connectivity index (χ1v) is 4.35. The molecule has 0 radical (unpaired) electrons. The molecule has 76 valence electrons. The third-order valence-corrected chi connectivity index (χ3v) is 2.11. The zero-order valence-corrected chi connectivity index (χ0v) is 7.54. The van der Waals surface area contributed by atoms with Crippen LogP contribution in [0.4, 0.5) is 4.39 Å². The lowest BCUT2D eigenvalue weighted by atomic mass is 10.2. The van der Waals surface area contributed by atoms with Gasteiger partial charge in [0.25, 0.3) is 0 Å². The molecule has 1 aliphatic heterocycles. The normalized spacial score (nSPS) is 19.1. The average molecular weight is 207 g/mol. The van der Waals surface area contributed by atoms with Crippen LogP contribution in [0.3, 0.4) is 0 Å². The molecule has 0 unspecified atom stereocenters. The largest absolute Gasteiger partial charge is 0.366 e. The molecule has 2 aromatic heterocycles. The van der Waals surface area contributed by atoms with E-state index >= 15 is 0 Å². The van der Waals surface area contributed by atoms with Gasteiger partial charge in [-0.15, -0.1) is 5.10 Å². The Morgan fingerprint density at radius 3 is 3.00 bits per heavy atom. The number of ether oxygens (including phenoxy) is 1. The first kappa shape index (κ1) is 8.42. The van der Waals surface area contributed by atoms with E-state index < -0.39 is 5.82 Å². The van der Waals surface area contributed by atoms with Gasteiger partial charge in [-0.25, -0.2) is 4.39 Å². The second kappa shape index (κ2) is 3.06. The number of hydrogen-bond donors (Lipinski definition) is 0. The Balaban J connectivity index is 2.01. The summed E-state index contributed by atoms with van der Waals surface area (Å²) in [4.78, 5) is 3.98. The van der Waals surface area contributed by atoms with E-state index in [1.165, 1.54) is 23.3 Å².